The minimum Gasteiger partial charge on any atom is -0.369 e. The largest absolute Gasteiger partial charge is 0.369 e. The molecule has 0 saturated heterocycles. The summed E-state index contributed by atoms with van der Waals surface area (Å²) in [7, 11) is 2.02. The standard InChI is InChI=1S/C14H18N4/c1-3-16-13-9-15-10-14(17-13)18(2)11-12-7-5-4-6-8-12/h4-10H,3,11H2,1-2H3,(H,16,17). The fraction of sp³-hybridized carbons (Fsp3) is 0.286. The van der Waals surface area contributed by atoms with Crippen molar-refractivity contribution in [2.75, 3.05) is 23.8 Å². The van der Waals surface area contributed by atoms with Gasteiger partial charge in [0.15, 0.2) is 0 Å². The van der Waals surface area contributed by atoms with Gasteiger partial charge in [-0.25, -0.2) is 4.98 Å². The highest BCUT2D eigenvalue weighted by Gasteiger charge is 2.04. The second-order valence-electron chi connectivity index (χ2n) is 4.13. The lowest BCUT2D eigenvalue weighted by molar-refractivity contribution is 0.889. The van der Waals surface area contributed by atoms with Crippen LogP contribution in [0.15, 0.2) is 42.7 Å². The van der Waals surface area contributed by atoms with Crippen LogP contribution < -0.4 is 10.2 Å². The van der Waals surface area contributed by atoms with E-state index in [0.717, 1.165) is 24.7 Å². The summed E-state index contributed by atoms with van der Waals surface area (Å²) in [5.41, 5.74) is 1.26. The number of anilines is 2. The monoisotopic (exact) mass is 242 g/mol. The minimum atomic E-state index is 0.815. The van der Waals surface area contributed by atoms with Crippen molar-refractivity contribution in [3.05, 3.63) is 48.3 Å². The van der Waals surface area contributed by atoms with Crippen molar-refractivity contribution in [3.63, 3.8) is 0 Å². The Bertz CT molecular complexity index is 484. The van der Waals surface area contributed by atoms with E-state index in [9.17, 15) is 0 Å². The molecule has 18 heavy (non-hydrogen) atoms. The molecule has 4 nitrogen and oxygen atoms in total. The summed E-state index contributed by atoms with van der Waals surface area (Å²) in [5.74, 6) is 1.69. The molecule has 0 spiro atoms. The molecular weight excluding hydrogens is 224 g/mol. The average Bonchev–Trinajstić information content (AvgIpc) is 2.40. The Hall–Kier alpha value is -2.10. The zero-order valence-electron chi connectivity index (χ0n) is 10.8. The van der Waals surface area contributed by atoms with E-state index in [4.69, 9.17) is 0 Å². The lowest BCUT2D eigenvalue weighted by atomic mass is 10.2. The van der Waals surface area contributed by atoms with Crippen molar-refractivity contribution in [2.45, 2.75) is 13.5 Å². The quantitative estimate of drug-likeness (QED) is 0.874. The van der Waals surface area contributed by atoms with Gasteiger partial charge in [-0.05, 0) is 12.5 Å². The molecule has 1 aromatic carbocycles. The first kappa shape index (κ1) is 12.4. The van der Waals surface area contributed by atoms with Crippen LogP contribution in [-0.2, 0) is 6.54 Å². The smallest absolute Gasteiger partial charge is 0.149 e. The molecule has 1 N–H and O–H groups in total. The molecule has 0 unspecified atom stereocenters. The molecule has 0 fully saturated rings. The summed E-state index contributed by atoms with van der Waals surface area (Å²) in [6.07, 6.45) is 3.52. The lowest BCUT2D eigenvalue weighted by Gasteiger charge is -2.18. The Balaban J connectivity index is 2.08. The number of hydrogen-bond acceptors (Lipinski definition) is 4. The molecule has 1 heterocycles. The van der Waals surface area contributed by atoms with Gasteiger partial charge in [0, 0.05) is 20.1 Å². The summed E-state index contributed by atoms with van der Waals surface area (Å²) >= 11 is 0. The third-order valence-corrected chi connectivity index (χ3v) is 2.63. The molecule has 94 valence electrons. The highest BCUT2D eigenvalue weighted by Crippen LogP contribution is 2.13. The second kappa shape index (κ2) is 6.00. The molecule has 0 saturated carbocycles. The van der Waals surface area contributed by atoms with Crippen molar-refractivity contribution < 1.29 is 0 Å². The van der Waals surface area contributed by atoms with Gasteiger partial charge in [-0.15, -0.1) is 0 Å². The lowest BCUT2D eigenvalue weighted by Crippen LogP contribution is -2.18. The van der Waals surface area contributed by atoms with Gasteiger partial charge in [0.1, 0.15) is 11.6 Å². The maximum absolute atomic E-state index is 4.51. The summed E-state index contributed by atoms with van der Waals surface area (Å²) in [4.78, 5) is 10.8. The van der Waals surface area contributed by atoms with Crippen molar-refractivity contribution >= 4 is 11.6 Å². The molecule has 0 aliphatic rings. The van der Waals surface area contributed by atoms with E-state index in [2.05, 4.69) is 32.3 Å². The van der Waals surface area contributed by atoms with Crippen molar-refractivity contribution in [2.24, 2.45) is 0 Å². The average molecular weight is 242 g/mol. The van der Waals surface area contributed by atoms with E-state index in [-0.39, 0.29) is 0 Å². The third-order valence-electron chi connectivity index (χ3n) is 2.63. The van der Waals surface area contributed by atoms with Gasteiger partial charge in [0.25, 0.3) is 0 Å². The maximum atomic E-state index is 4.51. The highest BCUT2D eigenvalue weighted by atomic mass is 15.2. The number of benzene rings is 1. The fourth-order valence-corrected chi connectivity index (χ4v) is 1.74. The summed E-state index contributed by atoms with van der Waals surface area (Å²) in [6.45, 7) is 3.72. The van der Waals surface area contributed by atoms with Gasteiger partial charge < -0.3 is 10.2 Å². The van der Waals surface area contributed by atoms with Crippen LogP contribution in [0.25, 0.3) is 0 Å². The highest BCUT2D eigenvalue weighted by molar-refractivity contribution is 5.43. The number of rotatable bonds is 5. The topological polar surface area (TPSA) is 41.1 Å². The van der Waals surface area contributed by atoms with E-state index in [1.165, 1.54) is 5.56 Å². The molecule has 0 aliphatic carbocycles. The first-order chi connectivity index (χ1) is 8.79. The van der Waals surface area contributed by atoms with Gasteiger partial charge in [-0.1, -0.05) is 30.3 Å². The van der Waals surface area contributed by atoms with Crippen LogP contribution in [0.3, 0.4) is 0 Å². The number of nitrogens with one attached hydrogen (secondary N) is 1. The van der Waals surface area contributed by atoms with Gasteiger partial charge >= 0.3 is 0 Å². The summed E-state index contributed by atoms with van der Waals surface area (Å²) in [5, 5.41) is 3.17. The summed E-state index contributed by atoms with van der Waals surface area (Å²) < 4.78 is 0. The summed E-state index contributed by atoms with van der Waals surface area (Å²) in [6, 6.07) is 10.3. The Kier molecular flexibility index (Phi) is 4.12. The molecule has 0 aliphatic heterocycles. The van der Waals surface area contributed by atoms with Crippen molar-refractivity contribution in [1.29, 1.82) is 0 Å². The fourth-order valence-electron chi connectivity index (χ4n) is 1.74. The van der Waals surface area contributed by atoms with Gasteiger partial charge in [-0.2, -0.15) is 0 Å². The maximum Gasteiger partial charge on any atom is 0.149 e. The molecule has 4 heteroatoms. The molecule has 0 atom stereocenters. The van der Waals surface area contributed by atoms with Crippen molar-refractivity contribution in [3.8, 4) is 0 Å². The van der Waals surface area contributed by atoms with Crippen LogP contribution in [-0.4, -0.2) is 23.6 Å². The Morgan fingerprint density at radius 1 is 1.17 bits per heavy atom. The predicted octanol–water partition coefficient (Wildman–Crippen LogP) is 2.54. The van der Waals surface area contributed by atoms with Gasteiger partial charge in [0.05, 0.1) is 12.4 Å². The molecule has 0 radical (unpaired) electrons. The predicted molar refractivity (Wildman–Crippen MR) is 74.7 cm³/mol. The minimum absolute atomic E-state index is 0.815. The van der Waals surface area contributed by atoms with Gasteiger partial charge in [0.2, 0.25) is 0 Å². The molecule has 0 amide bonds. The normalized spacial score (nSPS) is 10.1. The Labute approximate surface area is 108 Å². The molecule has 2 rings (SSSR count). The zero-order chi connectivity index (χ0) is 12.8. The number of nitrogens with zero attached hydrogens (tertiary/aromatic N) is 3. The van der Waals surface area contributed by atoms with Crippen LogP contribution in [0.1, 0.15) is 12.5 Å². The van der Waals surface area contributed by atoms with Crippen LogP contribution in [0, 0.1) is 0 Å². The molecule has 0 bridgehead atoms. The first-order valence-electron chi connectivity index (χ1n) is 6.10. The second-order valence-corrected chi connectivity index (χ2v) is 4.13. The number of hydrogen-bond donors (Lipinski definition) is 1. The first-order valence-corrected chi connectivity index (χ1v) is 6.10. The van der Waals surface area contributed by atoms with E-state index < -0.39 is 0 Å². The van der Waals surface area contributed by atoms with Crippen LogP contribution >= 0.6 is 0 Å². The third kappa shape index (κ3) is 3.20. The SMILES string of the molecule is CCNc1cncc(N(C)Cc2ccccc2)n1. The van der Waals surface area contributed by atoms with Crippen LogP contribution in [0.5, 0.6) is 0 Å². The van der Waals surface area contributed by atoms with Gasteiger partial charge in [-0.3, -0.25) is 4.98 Å². The van der Waals surface area contributed by atoms with Crippen LogP contribution in [0.4, 0.5) is 11.6 Å². The van der Waals surface area contributed by atoms with E-state index >= 15 is 0 Å². The van der Waals surface area contributed by atoms with E-state index in [1.807, 2.05) is 32.2 Å². The molecule has 2 aromatic rings. The van der Waals surface area contributed by atoms with E-state index in [0.29, 0.717) is 0 Å². The van der Waals surface area contributed by atoms with Crippen LogP contribution in [0.2, 0.25) is 0 Å². The zero-order valence-corrected chi connectivity index (χ0v) is 10.8. The Morgan fingerprint density at radius 3 is 2.67 bits per heavy atom. The van der Waals surface area contributed by atoms with E-state index in [1.54, 1.807) is 12.4 Å². The molecule has 1 aromatic heterocycles. The Morgan fingerprint density at radius 2 is 1.94 bits per heavy atom. The number of aromatic nitrogens is 2. The van der Waals surface area contributed by atoms with Crippen molar-refractivity contribution in [1.82, 2.24) is 9.97 Å². The molecular formula is C14H18N4.